The molecule has 3 nitrogen and oxygen atoms in total. The van der Waals surface area contributed by atoms with Crippen LogP contribution in [0.1, 0.15) is 37.4 Å². The van der Waals surface area contributed by atoms with Crippen molar-refractivity contribution in [1.29, 1.82) is 0 Å². The number of benzene rings is 3. The number of halogens is 1. The van der Waals surface area contributed by atoms with Gasteiger partial charge in [-0.05, 0) is 54.4 Å². The smallest absolute Gasteiger partial charge is 0.192 e. The van der Waals surface area contributed by atoms with E-state index in [-0.39, 0.29) is 6.04 Å². The van der Waals surface area contributed by atoms with Gasteiger partial charge in [-0.1, -0.05) is 52.3 Å². The third-order valence-electron chi connectivity index (χ3n) is 5.24. The molecular formula is C22H19BrN2O. The van der Waals surface area contributed by atoms with Gasteiger partial charge >= 0.3 is 0 Å². The topological polar surface area (TPSA) is 24.8 Å². The van der Waals surface area contributed by atoms with Crippen LogP contribution < -0.4 is 4.74 Å². The van der Waals surface area contributed by atoms with E-state index in [1.165, 1.54) is 21.9 Å². The lowest BCUT2D eigenvalue weighted by atomic mass is 9.94. The number of hydrogen-bond acceptors (Lipinski definition) is 3. The number of ether oxygens (including phenoxy) is 1. The second-order valence-electron chi connectivity index (χ2n) is 7.40. The van der Waals surface area contributed by atoms with Gasteiger partial charge in [0.1, 0.15) is 5.75 Å². The van der Waals surface area contributed by atoms with Crippen LogP contribution in [-0.2, 0) is 0 Å². The van der Waals surface area contributed by atoms with Crippen molar-refractivity contribution in [3.8, 4) is 5.75 Å². The number of nitrogens with zero attached hydrogens (tertiary/aromatic N) is 2. The van der Waals surface area contributed by atoms with E-state index < -0.39 is 5.72 Å². The van der Waals surface area contributed by atoms with E-state index >= 15 is 0 Å². The summed E-state index contributed by atoms with van der Waals surface area (Å²) in [6.45, 7) is 4.16. The Hall–Kier alpha value is -2.33. The van der Waals surface area contributed by atoms with Crippen LogP contribution in [0.4, 0.5) is 0 Å². The molecule has 0 amide bonds. The van der Waals surface area contributed by atoms with Gasteiger partial charge in [0.25, 0.3) is 0 Å². The van der Waals surface area contributed by atoms with Gasteiger partial charge in [0.2, 0.25) is 0 Å². The Labute approximate surface area is 161 Å². The molecule has 26 heavy (non-hydrogen) atoms. The average Bonchev–Trinajstić information content (AvgIpc) is 3.09. The first kappa shape index (κ1) is 15.9. The number of rotatable bonds is 1. The maximum atomic E-state index is 6.24. The Morgan fingerprint density at radius 3 is 2.69 bits per heavy atom. The van der Waals surface area contributed by atoms with Crippen molar-refractivity contribution < 1.29 is 4.74 Å². The summed E-state index contributed by atoms with van der Waals surface area (Å²) in [5.41, 5.74) is 3.03. The maximum Gasteiger partial charge on any atom is 0.192 e. The molecule has 5 rings (SSSR count). The van der Waals surface area contributed by atoms with Gasteiger partial charge in [-0.2, -0.15) is 5.10 Å². The van der Waals surface area contributed by atoms with Crippen LogP contribution in [0.15, 0.2) is 70.2 Å². The number of hydrogen-bond donors (Lipinski definition) is 0. The molecule has 0 saturated carbocycles. The van der Waals surface area contributed by atoms with Gasteiger partial charge in [-0.15, -0.1) is 0 Å². The molecule has 0 bridgehead atoms. The zero-order valence-electron chi connectivity index (χ0n) is 14.7. The van der Waals surface area contributed by atoms with Crippen LogP contribution in [-0.4, -0.2) is 16.4 Å². The second-order valence-corrected chi connectivity index (χ2v) is 8.32. The van der Waals surface area contributed by atoms with E-state index in [9.17, 15) is 0 Å². The summed E-state index contributed by atoms with van der Waals surface area (Å²) in [5.74, 6) is 0.953. The van der Waals surface area contributed by atoms with Crippen LogP contribution >= 0.6 is 15.9 Å². The van der Waals surface area contributed by atoms with E-state index in [0.29, 0.717) is 0 Å². The highest BCUT2D eigenvalue weighted by Crippen LogP contribution is 2.47. The molecule has 0 unspecified atom stereocenters. The molecule has 2 aliphatic rings. The second kappa shape index (κ2) is 5.58. The highest BCUT2D eigenvalue weighted by molar-refractivity contribution is 9.10. The lowest BCUT2D eigenvalue weighted by molar-refractivity contribution is -0.0911. The van der Waals surface area contributed by atoms with Gasteiger partial charge in [0.15, 0.2) is 5.72 Å². The van der Waals surface area contributed by atoms with Crippen LogP contribution in [0, 0.1) is 0 Å². The molecule has 3 aromatic rings. The van der Waals surface area contributed by atoms with Crippen molar-refractivity contribution in [2.45, 2.75) is 32.0 Å². The fourth-order valence-electron chi connectivity index (χ4n) is 3.98. The van der Waals surface area contributed by atoms with E-state index in [1.54, 1.807) is 0 Å². The Kier molecular flexibility index (Phi) is 3.41. The normalized spacial score (nSPS) is 20.3. The fourth-order valence-corrected chi connectivity index (χ4v) is 4.36. The SMILES string of the molecule is CC1(C)Oc2ccc(Br)cc2[C@@H]2CC(c3ccc4ccccc4c3)=NN21. The lowest BCUT2D eigenvalue weighted by Crippen LogP contribution is -2.48. The summed E-state index contributed by atoms with van der Waals surface area (Å²) in [7, 11) is 0. The lowest BCUT2D eigenvalue weighted by Gasteiger charge is -2.43. The minimum atomic E-state index is -0.468. The first-order valence-electron chi connectivity index (χ1n) is 8.86. The highest BCUT2D eigenvalue weighted by Gasteiger charge is 2.44. The predicted molar refractivity (Wildman–Crippen MR) is 109 cm³/mol. The molecule has 0 fully saturated rings. The van der Waals surface area contributed by atoms with E-state index in [2.05, 4.69) is 83.3 Å². The molecule has 0 N–H and O–H groups in total. The Bertz CT molecular complexity index is 1060. The molecule has 3 aromatic carbocycles. The monoisotopic (exact) mass is 406 g/mol. The quantitative estimate of drug-likeness (QED) is 0.503. The summed E-state index contributed by atoms with van der Waals surface area (Å²) >= 11 is 3.59. The maximum absolute atomic E-state index is 6.24. The van der Waals surface area contributed by atoms with E-state index in [4.69, 9.17) is 9.84 Å². The van der Waals surface area contributed by atoms with Crippen molar-refractivity contribution in [3.05, 3.63) is 76.3 Å². The molecule has 130 valence electrons. The van der Waals surface area contributed by atoms with Crippen molar-refractivity contribution in [3.63, 3.8) is 0 Å². The van der Waals surface area contributed by atoms with Crippen LogP contribution in [0.5, 0.6) is 5.75 Å². The molecular weight excluding hydrogens is 388 g/mol. The molecule has 2 aliphatic heterocycles. The first-order valence-corrected chi connectivity index (χ1v) is 9.65. The summed E-state index contributed by atoms with van der Waals surface area (Å²) in [6.07, 6.45) is 0.884. The van der Waals surface area contributed by atoms with E-state index in [0.717, 1.165) is 22.4 Å². The molecule has 2 heterocycles. The van der Waals surface area contributed by atoms with Gasteiger partial charge in [-0.25, -0.2) is 5.01 Å². The van der Waals surface area contributed by atoms with E-state index in [1.807, 2.05) is 12.1 Å². The minimum absolute atomic E-state index is 0.202. The predicted octanol–water partition coefficient (Wildman–Crippen LogP) is 5.88. The first-order chi connectivity index (χ1) is 12.5. The summed E-state index contributed by atoms with van der Waals surface area (Å²) in [4.78, 5) is 0. The Morgan fingerprint density at radius 1 is 1.04 bits per heavy atom. The van der Waals surface area contributed by atoms with Gasteiger partial charge < -0.3 is 4.74 Å². The summed E-state index contributed by atoms with van der Waals surface area (Å²) in [6, 6.07) is 21.5. The van der Waals surface area contributed by atoms with Crippen LogP contribution in [0.2, 0.25) is 0 Å². The van der Waals surface area contributed by atoms with Crippen molar-refractivity contribution in [1.82, 2.24) is 5.01 Å². The van der Waals surface area contributed by atoms with Crippen LogP contribution in [0.25, 0.3) is 10.8 Å². The van der Waals surface area contributed by atoms with Gasteiger partial charge in [-0.3, -0.25) is 0 Å². The number of fused-ring (bicyclic) bond motifs is 4. The van der Waals surface area contributed by atoms with Gasteiger partial charge in [0.05, 0.1) is 11.8 Å². The summed E-state index contributed by atoms with van der Waals surface area (Å²) in [5, 5.41) is 9.60. The summed E-state index contributed by atoms with van der Waals surface area (Å²) < 4.78 is 7.31. The zero-order valence-corrected chi connectivity index (χ0v) is 16.3. The standard InChI is InChI=1S/C22H19BrN2O/c1-22(2)25-20(18-12-17(23)9-10-21(18)26-22)13-19(24-25)16-8-7-14-5-3-4-6-15(14)11-16/h3-12,20H,13H2,1-2H3/t20-/m0/s1. The Balaban J connectivity index is 1.59. The van der Waals surface area contributed by atoms with Crippen LogP contribution in [0.3, 0.4) is 0 Å². The number of hydrazone groups is 1. The van der Waals surface area contributed by atoms with Crippen molar-refractivity contribution >= 4 is 32.4 Å². The molecule has 0 aliphatic carbocycles. The molecule has 0 spiro atoms. The van der Waals surface area contributed by atoms with Crippen molar-refractivity contribution in [2.24, 2.45) is 5.10 Å². The van der Waals surface area contributed by atoms with Crippen molar-refractivity contribution in [2.75, 3.05) is 0 Å². The molecule has 0 aromatic heterocycles. The average molecular weight is 407 g/mol. The molecule has 1 atom stereocenters. The highest BCUT2D eigenvalue weighted by atomic mass is 79.9. The zero-order chi connectivity index (χ0) is 17.9. The molecule has 0 saturated heterocycles. The fraction of sp³-hybridized carbons (Fsp3) is 0.227. The third-order valence-corrected chi connectivity index (χ3v) is 5.73. The third kappa shape index (κ3) is 2.43. The minimum Gasteiger partial charge on any atom is -0.467 e. The molecule has 4 heteroatoms. The Morgan fingerprint density at radius 2 is 1.85 bits per heavy atom. The molecule has 0 radical (unpaired) electrons. The van der Waals surface area contributed by atoms with Gasteiger partial charge in [0, 0.05) is 16.5 Å². The largest absolute Gasteiger partial charge is 0.467 e.